The van der Waals surface area contributed by atoms with Crippen LogP contribution in [0.5, 0.6) is 0 Å². The largest absolute Gasteiger partial charge is 0.338 e. The van der Waals surface area contributed by atoms with Crippen molar-refractivity contribution in [1.82, 2.24) is 24.8 Å². The first-order valence-corrected chi connectivity index (χ1v) is 9.68. The number of aromatic nitrogens is 3. The third-order valence-corrected chi connectivity index (χ3v) is 5.53. The molecule has 0 unspecified atom stereocenters. The smallest absolute Gasteiger partial charge is 0.259 e. The molecule has 1 fully saturated rings. The summed E-state index contributed by atoms with van der Waals surface area (Å²) >= 11 is 0. The van der Waals surface area contributed by atoms with Gasteiger partial charge in [0.25, 0.3) is 11.5 Å². The Morgan fingerprint density at radius 1 is 0.966 bits per heavy atom. The first-order chi connectivity index (χ1) is 14.1. The van der Waals surface area contributed by atoms with Crippen LogP contribution in [0, 0.1) is 0 Å². The van der Waals surface area contributed by atoms with Crippen molar-refractivity contribution in [2.24, 2.45) is 0 Å². The highest BCUT2D eigenvalue weighted by molar-refractivity contribution is 5.98. The highest BCUT2D eigenvalue weighted by Gasteiger charge is 2.21. The van der Waals surface area contributed by atoms with Crippen LogP contribution < -0.4 is 5.56 Å². The second-order valence-corrected chi connectivity index (χ2v) is 7.51. The summed E-state index contributed by atoms with van der Waals surface area (Å²) in [6.45, 7) is 3.22. The lowest BCUT2D eigenvalue weighted by atomic mass is 10.1. The average Bonchev–Trinajstić information content (AvgIpc) is 3.16. The van der Waals surface area contributed by atoms with Gasteiger partial charge in [0.1, 0.15) is 5.82 Å². The van der Waals surface area contributed by atoms with Crippen molar-refractivity contribution >= 4 is 27.8 Å². The third kappa shape index (κ3) is 3.19. The van der Waals surface area contributed by atoms with Gasteiger partial charge in [0, 0.05) is 37.3 Å². The van der Waals surface area contributed by atoms with Gasteiger partial charge in [0.15, 0.2) is 0 Å². The number of para-hydroxylation sites is 1. The molecule has 0 bridgehead atoms. The summed E-state index contributed by atoms with van der Waals surface area (Å²) in [5.74, 6) is 0.524. The zero-order valence-electron chi connectivity index (χ0n) is 16.1. The molecule has 5 rings (SSSR count). The van der Waals surface area contributed by atoms with E-state index in [0.717, 1.165) is 48.1 Å². The monoisotopic (exact) mass is 387 g/mol. The number of likely N-dealkylation sites (N-methyl/N-ethyl adjacent to an activating group) is 1. The zero-order chi connectivity index (χ0) is 20.0. The summed E-state index contributed by atoms with van der Waals surface area (Å²) in [5.41, 5.74) is 3.17. The molecule has 7 nitrogen and oxygen atoms in total. The van der Waals surface area contributed by atoms with Crippen LogP contribution in [0.2, 0.25) is 0 Å². The Bertz CT molecular complexity index is 1280. The van der Waals surface area contributed by atoms with Gasteiger partial charge in [-0.2, -0.15) is 0 Å². The normalized spacial score (nSPS) is 15.3. The number of hydrogen-bond acceptors (Lipinski definition) is 4. The number of carbonyl (C=O) groups excluding carboxylic acids is 1. The third-order valence-electron chi connectivity index (χ3n) is 5.53. The molecule has 29 heavy (non-hydrogen) atoms. The van der Waals surface area contributed by atoms with Crippen molar-refractivity contribution < 1.29 is 4.79 Å². The SMILES string of the molecule is CN1CCN(C(=O)c2ccc3nc(-c4cc5ccccc5[nH]c4=O)[nH]c3c2)CC1. The Kier molecular flexibility index (Phi) is 4.17. The van der Waals surface area contributed by atoms with Crippen LogP contribution in [0.1, 0.15) is 10.4 Å². The lowest BCUT2D eigenvalue weighted by Crippen LogP contribution is -2.47. The fourth-order valence-corrected chi connectivity index (χ4v) is 3.79. The maximum atomic E-state index is 12.8. The summed E-state index contributed by atoms with van der Waals surface area (Å²) in [5, 5.41) is 0.938. The Morgan fingerprint density at radius 3 is 2.59 bits per heavy atom. The molecule has 0 atom stereocenters. The summed E-state index contributed by atoms with van der Waals surface area (Å²) in [4.78, 5) is 40.2. The van der Waals surface area contributed by atoms with Crippen molar-refractivity contribution in [2.45, 2.75) is 0 Å². The maximum absolute atomic E-state index is 12.8. The molecule has 146 valence electrons. The summed E-state index contributed by atoms with van der Waals surface area (Å²) in [6, 6.07) is 14.9. The van der Waals surface area contributed by atoms with Gasteiger partial charge >= 0.3 is 0 Å². The van der Waals surface area contributed by atoms with Crippen molar-refractivity contribution in [2.75, 3.05) is 33.2 Å². The molecule has 2 aromatic heterocycles. The summed E-state index contributed by atoms with van der Waals surface area (Å²) in [7, 11) is 2.06. The molecule has 1 aliphatic rings. The van der Waals surface area contributed by atoms with E-state index in [1.54, 1.807) is 6.07 Å². The van der Waals surface area contributed by atoms with Gasteiger partial charge in [-0.3, -0.25) is 9.59 Å². The number of carbonyl (C=O) groups is 1. The lowest BCUT2D eigenvalue weighted by Gasteiger charge is -2.32. The molecule has 0 spiro atoms. The van der Waals surface area contributed by atoms with Crippen LogP contribution in [-0.2, 0) is 0 Å². The number of rotatable bonds is 2. The highest BCUT2D eigenvalue weighted by Crippen LogP contribution is 2.22. The van der Waals surface area contributed by atoms with E-state index >= 15 is 0 Å². The molecule has 2 N–H and O–H groups in total. The van der Waals surface area contributed by atoms with Crippen molar-refractivity contribution in [3.05, 3.63) is 64.4 Å². The molecule has 1 aliphatic heterocycles. The van der Waals surface area contributed by atoms with Gasteiger partial charge in [0.2, 0.25) is 0 Å². The predicted octanol–water partition coefficient (Wildman–Crippen LogP) is 2.46. The number of aromatic amines is 2. The van der Waals surface area contributed by atoms with Crippen LogP contribution in [0.4, 0.5) is 0 Å². The van der Waals surface area contributed by atoms with Gasteiger partial charge in [-0.25, -0.2) is 4.98 Å². The van der Waals surface area contributed by atoms with Crippen LogP contribution in [-0.4, -0.2) is 63.9 Å². The number of hydrogen-bond donors (Lipinski definition) is 2. The molecule has 1 amide bonds. The highest BCUT2D eigenvalue weighted by atomic mass is 16.2. The fraction of sp³-hybridized carbons (Fsp3) is 0.227. The van der Waals surface area contributed by atoms with Crippen LogP contribution in [0.25, 0.3) is 33.3 Å². The topological polar surface area (TPSA) is 85.1 Å². The number of imidazole rings is 1. The van der Waals surface area contributed by atoms with E-state index in [4.69, 9.17) is 0 Å². The molecular weight excluding hydrogens is 366 g/mol. The molecular formula is C22H21N5O2. The number of nitrogens with one attached hydrogen (secondary N) is 2. The molecule has 2 aromatic carbocycles. The van der Waals surface area contributed by atoms with Crippen LogP contribution in [0.3, 0.4) is 0 Å². The zero-order valence-corrected chi connectivity index (χ0v) is 16.1. The van der Waals surface area contributed by atoms with Crippen molar-refractivity contribution in [3.8, 4) is 11.4 Å². The molecule has 1 saturated heterocycles. The Balaban J connectivity index is 1.51. The molecule has 0 radical (unpaired) electrons. The van der Waals surface area contributed by atoms with E-state index in [0.29, 0.717) is 17.0 Å². The van der Waals surface area contributed by atoms with Crippen molar-refractivity contribution in [3.63, 3.8) is 0 Å². The summed E-state index contributed by atoms with van der Waals surface area (Å²) < 4.78 is 0. The Labute approximate surface area is 167 Å². The van der Waals surface area contributed by atoms with E-state index in [1.165, 1.54) is 0 Å². The minimum Gasteiger partial charge on any atom is -0.338 e. The number of benzene rings is 2. The maximum Gasteiger partial charge on any atom is 0.259 e. The average molecular weight is 387 g/mol. The van der Waals surface area contributed by atoms with Crippen LogP contribution >= 0.6 is 0 Å². The molecule has 0 aliphatic carbocycles. The fourth-order valence-electron chi connectivity index (χ4n) is 3.79. The van der Waals surface area contributed by atoms with E-state index in [2.05, 4.69) is 26.9 Å². The predicted molar refractivity (Wildman–Crippen MR) is 113 cm³/mol. The molecule has 7 heteroatoms. The standard InChI is InChI=1S/C22H21N5O2/c1-26-8-10-27(11-9-26)22(29)15-6-7-18-19(13-15)24-20(23-18)16-12-14-4-2-3-5-17(14)25-21(16)28/h2-7,12-13H,8-11H2,1H3,(H,23,24)(H,25,28). The molecule has 4 aromatic rings. The lowest BCUT2D eigenvalue weighted by molar-refractivity contribution is 0.0664. The first kappa shape index (κ1) is 17.6. The molecule has 0 saturated carbocycles. The van der Waals surface area contributed by atoms with Gasteiger partial charge in [-0.15, -0.1) is 0 Å². The summed E-state index contributed by atoms with van der Waals surface area (Å²) in [6.07, 6.45) is 0. The quantitative estimate of drug-likeness (QED) is 0.553. The van der Waals surface area contributed by atoms with Gasteiger partial charge in [-0.1, -0.05) is 18.2 Å². The molecule has 3 heterocycles. The van der Waals surface area contributed by atoms with Crippen LogP contribution in [0.15, 0.2) is 53.3 Å². The Morgan fingerprint density at radius 2 is 1.76 bits per heavy atom. The number of pyridine rings is 1. The van der Waals surface area contributed by atoms with E-state index < -0.39 is 0 Å². The number of piperazine rings is 1. The van der Waals surface area contributed by atoms with E-state index in [9.17, 15) is 9.59 Å². The van der Waals surface area contributed by atoms with E-state index in [1.807, 2.05) is 47.4 Å². The number of fused-ring (bicyclic) bond motifs is 2. The van der Waals surface area contributed by atoms with Gasteiger partial charge in [-0.05, 0) is 42.8 Å². The first-order valence-electron chi connectivity index (χ1n) is 9.68. The minimum atomic E-state index is -0.198. The van der Waals surface area contributed by atoms with E-state index in [-0.39, 0.29) is 11.5 Å². The number of H-pyrrole nitrogens is 2. The minimum absolute atomic E-state index is 0.0275. The van der Waals surface area contributed by atoms with Gasteiger partial charge in [0.05, 0.1) is 16.6 Å². The number of nitrogens with zero attached hydrogens (tertiary/aromatic N) is 3. The van der Waals surface area contributed by atoms with Gasteiger partial charge < -0.3 is 19.8 Å². The number of amides is 1. The second-order valence-electron chi connectivity index (χ2n) is 7.51. The second kappa shape index (κ2) is 6.86. The van der Waals surface area contributed by atoms with Crippen molar-refractivity contribution in [1.29, 1.82) is 0 Å². The Hall–Kier alpha value is -3.45.